The molecule has 2 N–H and O–H groups in total. The lowest BCUT2D eigenvalue weighted by molar-refractivity contribution is -0.0390. The predicted molar refractivity (Wildman–Crippen MR) is 73.8 cm³/mol. The van der Waals surface area contributed by atoms with E-state index in [1.807, 2.05) is 25.7 Å². The van der Waals surface area contributed by atoms with Crippen LogP contribution < -0.4 is 5.73 Å². The van der Waals surface area contributed by atoms with Crippen molar-refractivity contribution in [1.82, 2.24) is 4.90 Å². The van der Waals surface area contributed by atoms with Gasteiger partial charge in [-0.15, -0.1) is 0 Å². The highest BCUT2D eigenvalue weighted by Crippen LogP contribution is 2.55. The molecule has 2 heterocycles. The zero-order chi connectivity index (χ0) is 13.8. The molecule has 1 spiro atoms. The number of piperidine rings is 1. The zero-order valence-corrected chi connectivity index (χ0v) is 12.3. The number of ether oxygens (including phenoxy) is 1. The molecule has 3 aliphatic rings. The van der Waals surface area contributed by atoms with Crippen LogP contribution in [-0.4, -0.2) is 34.7 Å². The van der Waals surface area contributed by atoms with E-state index in [2.05, 4.69) is 0 Å². The minimum absolute atomic E-state index is 0.113. The third-order valence-electron chi connectivity index (χ3n) is 4.95. The third-order valence-corrected chi connectivity index (χ3v) is 4.95. The number of hydrogen-bond acceptors (Lipinski definition) is 3. The lowest BCUT2D eigenvalue weighted by atomic mass is 9.59. The van der Waals surface area contributed by atoms with Gasteiger partial charge >= 0.3 is 6.09 Å². The van der Waals surface area contributed by atoms with Gasteiger partial charge in [0.05, 0.1) is 0 Å². The minimum Gasteiger partial charge on any atom is -0.444 e. The van der Waals surface area contributed by atoms with E-state index in [0.717, 1.165) is 38.5 Å². The SMILES string of the molecule is CC(C)(C)OC(=O)N1C2CCC1CC1(CC(N)C1)C2. The quantitative estimate of drug-likeness (QED) is 0.733. The van der Waals surface area contributed by atoms with Gasteiger partial charge in [0.2, 0.25) is 0 Å². The van der Waals surface area contributed by atoms with Crippen LogP contribution >= 0.6 is 0 Å². The van der Waals surface area contributed by atoms with Gasteiger partial charge in [0.1, 0.15) is 5.60 Å². The second-order valence-corrected chi connectivity index (χ2v) is 7.85. The van der Waals surface area contributed by atoms with Crippen molar-refractivity contribution in [3.05, 3.63) is 0 Å². The molecule has 2 bridgehead atoms. The molecule has 2 aliphatic heterocycles. The van der Waals surface area contributed by atoms with Crippen LogP contribution in [0.3, 0.4) is 0 Å². The predicted octanol–water partition coefficient (Wildman–Crippen LogP) is 2.66. The topological polar surface area (TPSA) is 55.6 Å². The Morgan fingerprint density at radius 1 is 1.16 bits per heavy atom. The van der Waals surface area contributed by atoms with Crippen LogP contribution in [-0.2, 0) is 4.74 Å². The number of amides is 1. The number of rotatable bonds is 0. The Bertz CT molecular complexity index is 366. The van der Waals surface area contributed by atoms with Crippen molar-refractivity contribution in [2.24, 2.45) is 11.1 Å². The summed E-state index contributed by atoms with van der Waals surface area (Å²) in [6, 6.07) is 1.18. The van der Waals surface area contributed by atoms with Crippen molar-refractivity contribution in [1.29, 1.82) is 0 Å². The summed E-state index contributed by atoms with van der Waals surface area (Å²) >= 11 is 0. The molecule has 2 unspecified atom stereocenters. The Hall–Kier alpha value is -0.770. The van der Waals surface area contributed by atoms with E-state index in [0.29, 0.717) is 23.5 Å². The van der Waals surface area contributed by atoms with Crippen molar-refractivity contribution in [3.63, 3.8) is 0 Å². The Kier molecular flexibility index (Phi) is 2.86. The summed E-state index contributed by atoms with van der Waals surface area (Å²) in [4.78, 5) is 14.4. The first-order valence-electron chi connectivity index (χ1n) is 7.55. The molecule has 0 aromatic carbocycles. The van der Waals surface area contributed by atoms with Crippen LogP contribution in [0.5, 0.6) is 0 Å². The molecule has 4 nitrogen and oxygen atoms in total. The molecular weight excluding hydrogens is 240 g/mol. The fourth-order valence-corrected chi connectivity index (χ4v) is 4.44. The van der Waals surface area contributed by atoms with E-state index in [-0.39, 0.29) is 6.09 Å². The Labute approximate surface area is 115 Å². The number of carbonyl (C=O) groups excluding carboxylic acids is 1. The summed E-state index contributed by atoms with van der Waals surface area (Å²) in [5.74, 6) is 0. The molecular formula is C15H26N2O2. The van der Waals surface area contributed by atoms with Gasteiger partial charge in [-0.05, 0) is 64.7 Å². The fourth-order valence-electron chi connectivity index (χ4n) is 4.44. The van der Waals surface area contributed by atoms with Crippen LogP contribution in [0.25, 0.3) is 0 Å². The summed E-state index contributed by atoms with van der Waals surface area (Å²) in [6.07, 6.45) is 6.75. The maximum atomic E-state index is 12.3. The van der Waals surface area contributed by atoms with E-state index >= 15 is 0 Å². The molecule has 0 aromatic rings. The molecule has 0 aromatic heterocycles. The number of nitrogens with two attached hydrogens (primary N) is 1. The second-order valence-electron chi connectivity index (χ2n) is 7.85. The first kappa shape index (κ1) is 13.2. The number of hydrogen-bond donors (Lipinski definition) is 1. The van der Waals surface area contributed by atoms with Gasteiger partial charge in [-0.1, -0.05) is 0 Å². The van der Waals surface area contributed by atoms with E-state index in [1.165, 1.54) is 0 Å². The summed E-state index contributed by atoms with van der Waals surface area (Å²) < 4.78 is 5.56. The van der Waals surface area contributed by atoms with Gasteiger partial charge in [-0.25, -0.2) is 4.79 Å². The summed E-state index contributed by atoms with van der Waals surface area (Å²) in [6.45, 7) is 5.80. The largest absolute Gasteiger partial charge is 0.444 e. The van der Waals surface area contributed by atoms with Crippen molar-refractivity contribution < 1.29 is 9.53 Å². The van der Waals surface area contributed by atoms with Crippen LogP contribution in [0.4, 0.5) is 4.79 Å². The number of nitrogens with zero attached hydrogens (tertiary/aromatic N) is 1. The molecule has 1 aliphatic carbocycles. The van der Waals surface area contributed by atoms with E-state index in [9.17, 15) is 4.79 Å². The normalized spacial score (nSPS) is 41.3. The molecule has 19 heavy (non-hydrogen) atoms. The third kappa shape index (κ3) is 2.35. The number of fused-ring (bicyclic) bond motifs is 2. The smallest absolute Gasteiger partial charge is 0.410 e. The van der Waals surface area contributed by atoms with Crippen molar-refractivity contribution in [3.8, 4) is 0 Å². The first-order valence-corrected chi connectivity index (χ1v) is 7.55. The monoisotopic (exact) mass is 266 g/mol. The summed E-state index contributed by atoms with van der Waals surface area (Å²) in [5.41, 5.74) is 6.02. The fraction of sp³-hybridized carbons (Fsp3) is 0.933. The first-order chi connectivity index (χ1) is 8.78. The van der Waals surface area contributed by atoms with Gasteiger partial charge < -0.3 is 15.4 Å². The molecule has 0 radical (unpaired) electrons. The van der Waals surface area contributed by atoms with Crippen LogP contribution in [0.2, 0.25) is 0 Å². The Morgan fingerprint density at radius 2 is 1.68 bits per heavy atom. The highest BCUT2D eigenvalue weighted by atomic mass is 16.6. The molecule has 108 valence electrons. The van der Waals surface area contributed by atoms with Gasteiger partial charge in [0.25, 0.3) is 0 Å². The lowest BCUT2D eigenvalue weighted by Crippen LogP contribution is -2.57. The Balaban J connectivity index is 1.68. The highest BCUT2D eigenvalue weighted by Gasteiger charge is 2.54. The maximum Gasteiger partial charge on any atom is 0.410 e. The average molecular weight is 266 g/mol. The minimum atomic E-state index is -0.398. The summed E-state index contributed by atoms with van der Waals surface area (Å²) in [5, 5.41) is 0. The molecule has 1 saturated carbocycles. The van der Waals surface area contributed by atoms with Gasteiger partial charge in [0, 0.05) is 18.1 Å². The van der Waals surface area contributed by atoms with Crippen LogP contribution in [0, 0.1) is 5.41 Å². The zero-order valence-electron chi connectivity index (χ0n) is 12.3. The summed E-state index contributed by atoms with van der Waals surface area (Å²) in [7, 11) is 0. The molecule has 3 rings (SSSR count). The van der Waals surface area contributed by atoms with E-state index in [1.54, 1.807) is 0 Å². The molecule has 1 amide bonds. The van der Waals surface area contributed by atoms with Gasteiger partial charge in [-0.3, -0.25) is 0 Å². The number of carbonyl (C=O) groups is 1. The maximum absolute atomic E-state index is 12.3. The van der Waals surface area contributed by atoms with E-state index in [4.69, 9.17) is 10.5 Å². The molecule has 2 saturated heterocycles. The second kappa shape index (κ2) is 4.11. The molecule has 3 fully saturated rings. The van der Waals surface area contributed by atoms with Crippen LogP contribution in [0.1, 0.15) is 59.3 Å². The standard InChI is InChI=1S/C15H26N2O2/c1-14(2,3)19-13(18)17-11-4-5-12(17)9-15(8-11)6-10(16)7-15/h10-12H,4-9,16H2,1-3H3. The van der Waals surface area contributed by atoms with Crippen molar-refractivity contribution in [2.45, 2.75) is 83.0 Å². The van der Waals surface area contributed by atoms with Gasteiger partial charge in [0.15, 0.2) is 0 Å². The molecule has 4 heteroatoms. The highest BCUT2D eigenvalue weighted by molar-refractivity contribution is 5.69. The van der Waals surface area contributed by atoms with Crippen LogP contribution in [0.15, 0.2) is 0 Å². The Morgan fingerprint density at radius 3 is 2.11 bits per heavy atom. The van der Waals surface area contributed by atoms with Crippen molar-refractivity contribution in [2.75, 3.05) is 0 Å². The molecule has 2 atom stereocenters. The van der Waals surface area contributed by atoms with E-state index < -0.39 is 5.60 Å². The lowest BCUT2D eigenvalue weighted by Gasteiger charge is -2.54. The van der Waals surface area contributed by atoms with Gasteiger partial charge in [-0.2, -0.15) is 0 Å². The average Bonchev–Trinajstić information content (AvgIpc) is 2.47. The van der Waals surface area contributed by atoms with Crippen molar-refractivity contribution >= 4 is 6.09 Å².